The van der Waals surface area contributed by atoms with Crippen LogP contribution < -0.4 is 10.1 Å². The van der Waals surface area contributed by atoms with E-state index in [4.69, 9.17) is 9.84 Å². The summed E-state index contributed by atoms with van der Waals surface area (Å²) in [6.45, 7) is 4.51. The highest BCUT2D eigenvalue weighted by Gasteiger charge is 2.10. The molecule has 1 aromatic heterocycles. The molecule has 0 aliphatic rings. The van der Waals surface area contributed by atoms with Crippen LogP contribution in [0.5, 0.6) is 5.75 Å². The zero-order valence-corrected chi connectivity index (χ0v) is 17.4. The van der Waals surface area contributed by atoms with Crippen LogP contribution in [0.2, 0.25) is 0 Å². The van der Waals surface area contributed by atoms with E-state index in [2.05, 4.69) is 34.3 Å². The van der Waals surface area contributed by atoms with E-state index in [9.17, 15) is 9.59 Å². The number of carbonyl (C=O) groups is 2. The first kappa shape index (κ1) is 21.4. The highest BCUT2D eigenvalue weighted by Crippen LogP contribution is 2.20. The number of benzene rings is 2. The number of hydrogen-bond donors (Lipinski definition) is 3. The van der Waals surface area contributed by atoms with E-state index in [0.717, 1.165) is 5.75 Å². The number of carboxylic acid groups (broad SMARTS) is 1. The number of aromatic amines is 1. The normalized spacial score (nSPS) is 10.8. The maximum absolute atomic E-state index is 12.1. The summed E-state index contributed by atoms with van der Waals surface area (Å²) in [6, 6.07) is 14.0. The maximum Gasteiger partial charge on any atom is 0.335 e. The van der Waals surface area contributed by atoms with Crippen LogP contribution in [0.3, 0.4) is 0 Å². The van der Waals surface area contributed by atoms with E-state index in [1.165, 1.54) is 29.5 Å². The van der Waals surface area contributed by atoms with Crippen LogP contribution in [0.15, 0.2) is 53.7 Å². The lowest BCUT2D eigenvalue weighted by atomic mass is 10.0. The minimum absolute atomic E-state index is 0.0894. The molecule has 0 fully saturated rings. The Morgan fingerprint density at radius 1 is 1.20 bits per heavy atom. The van der Waals surface area contributed by atoms with Gasteiger partial charge in [-0.2, -0.15) is 0 Å². The SMILES string of the molecule is CC(C)c1ccc(OCc2nc(SCC(=O)Nc3cccc(C(=O)O)c3)n[nH]2)cc1. The van der Waals surface area contributed by atoms with Crippen molar-refractivity contribution in [2.45, 2.75) is 31.5 Å². The fraction of sp³-hybridized carbons (Fsp3) is 0.238. The number of nitrogens with one attached hydrogen (secondary N) is 2. The van der Waals surface area contributed by atoms with Crippen molar-refractivity contribution in [3.8, 4) is 5.75 Å². The quantitative estimate of drug-likeness (QED) is 0.444. The second kappa shape index (κ2) is 9.93. The Morgan fingerprint density at radius 2 is 1.97 bits per heavy atom. The lowest BCUT2D eigenvalue weighted by Gasteiger charge is -2.07. The minimum Gasteiger partial charge on any atom is -0.486 e. The number of amides is 1. The molecule has 30 heavy (non-hydrogen) atoms. The molecule has 0 spiro atoms. The van der Waals surface area contributed by atoms with Crippen molar-refractivity contribution in [2.24, 2.45) is 0 Å². The molecule has 1 heterocycles. The van der Waals surface area contributed by atoms with Crippen molar-refractivity contribution in [3.63, 3.8) is 0 Å². The molecule has 1 amide bonds. The number of carboxylic acids is 1. The van der Waals surface area contributed by atoms with Gasteiger partial charge in [0, 0.05) is 5.69 Å². The van der Waals surface area contributed by atoms with Gasteiger partial charge < -0.3 is 15.2 Å². The Hall–Kier alpha value is -3.33. The van der Waals surface area contributed by atoms with Gasteiger partial charge >= 0.3 is 5.97 Å². The fourth-order valence-corrected chi connectivity index (χ4v) is 3.18. The van der Waals surface area contributed by atoms with Gasteiger partial charge in [0.25, 0.3) is 0 Å². The molecule has 3 rings (SSSR count). The zero-order valence-electron chi connectivity index (χ0n) is 16.6. The Labute approximate surface area is 178 Å². The molecule has 0 aliphatic heterocycles. The monoisotopic (exact) mass is 426 g/mol. The Bertz CT molecular complexity index is 1020. The molecular formula is C21H22N4O4S. The van der Waals surface area contributed by atoms with Crippen LogP contribution in [-0.4, -0.2) is 37.9 Å². The summed E-state index contributed by atoms with van der Waals surface area (Å²) >= 11 is 1.17. The lowest BCUT2D eigenvalue weighted by molar-refractivity contribution is -0.113. The van der Waals surface area contributed by atoms with Crippen LogP contribution in [0, 0.1) is 0 Å². The van der Waals surface area contributed by atoms with E-state index in [-0.39, 0.29) is 23.8 Å². The number of hydrogen-bond acceptors (Lipinski definition) is 6. The summed E-state index contributed by atoms with van der Waals surface area (Å²) in [5.41, 5.74) is 1.78. The standard InChI is InChI=1S/C21H22N4O4S/c1-13(2)14-6-8-17(9-7-14)29-11-18-23-21(25-24-18)30-12-19(26)22-16-5-3-4-15(10-16)20(27)28/h3-10,13H,11-12H2,1-2H3,(H,22,26)(H,27,28)(H,23,24,25). The Morgan fingerprint density at radius 3 is 2.67 bits per heavy atom. The second-order valence-electron chi connectivity index (χ2n) is 6.80. The van der Waals surface area contributed by atoms with Gasteiger partial charge in [-0.1, -0.05) is 43.8 Å². The summed E-state index contributed by atoms with van der Waals surface area (Å²) in [7, 11) is 0. The summed E-state index contributed by atoms with van der Waals surface area (Å²) in [6.07, 6.45) is 0. The van der Waals surface area contributed by atoms with Crippen LogP contribution in [0.1, 0.15) is 41.5 Å². The zero-order chi connectivity index (χ0) is 21.5. The summed E-state index contributed by atoms with van der Waals surface area (Å²) in [5, 5.41) is 19.0. The molecule has 8 nitrogen and oxygen atoms in total. The van der Waals surface area contributed by atoms with Crippen molar-refractivity contribution in [1.82, 2.24) is 15.2 Å². The average Bonchev–Trinajstić information content (AvgIpc) is 3.19. The first-order chi connectivity index (χ1) is 14.4. The molecule has 0 saturated heterocycles. The van der Waals surface area contributed by atoms with Gasteiger partial charge in [-0.05, 0) is 41.8 Å². The number of ether oxygens (including phenoxy) is 1. The highest BCUT2D eigenvalue weighted by molar-refractivity contribution is 7.99. The molecule has 156 valence electrons. The molecule has 2 aromatic carbocycles. The van der Waals surface area contributed by atoms with E-state index >= 15 is 0 Å². The highest BCUT2D eigenvalue weighted by atomic mass is 32.2. The van der Waals surface area contributed by atoms with Gasteiger partial charge in [-0.15, -0.1) is 5.10 Å². The molecule has 0 bridgehead atoms. The topological polar surface area (TPSA) is 117 Å². The largest absolute Gasteiger partial charge is 0.486 e. The van der Waals surface area contributed by atoms with Gasteiger partial charge in [-0.25, -0.2) is 9.78 Å². The number of anilines is 1. The number of aromatic carboxylic acids is 1. The van der Waals surface area contributed by atoms with Crippen LogP contribution in [0.4, 0.5) is 5.69 Å². The molecule has 3 aromatic rings. The molecule has 3 N–H and O–H groups in total. The van der Waals surface area contributed by atoms with Crippen LogP contribution >= 0.6 is 11.8 Å². The van der Waals surface area contributed by atoms with Crippen LogP contribution in [0.25, 0.3) is 0 Å². The molecular weight excluding hydrogens is 404 g/mol. The van der Waals surface area contributed by atoms with Crippen molar-refractivity contribution in [2.75, 3.05) is 11.1 Å². The smallest absolute Gasteiger partial charge is 0.335 e. The van der Waals surface area contributed by atoms with Gasteiger partial charge in [0.05, 0.1) is 11.3 Å². The average molecular weight is 426 g/mol. The third kappa shape index (κ3) is 6.08. The Balaban J connectivity index is 1.46. The number of rotatable bonds is 9. The number of nitrogens with zero attached hydrogens (tertiary/aromatic N) is 2. The minimum atomic E-state index is -1.05. The summed E-state index contributed by atoms with van der Waals surface area (Å²) < 4.78 is 5.70. The third-order valence-electron chi connectivity index (χ3n) is 4.16. The molecule has 0 atom stereocenters. The fourth-order valence-electron chi connectivity index (χ4n) is 2.56. The molecule has 0 saturated carbocycles. The van der Waals surface area contributed by atoms with Crippen molar-refractivity contribution < 1.29 is 19.4 Å². The van der Waals surface area contributed by atoms with E-state index in [0.29, 0.717) is 22.6 Å². The van der Waals surface area contributed by atoms with Gasteiger partial charge in [0.1, 0.15) is 12.4 Å². The predicted molar refractivity (Wildman–Crippen MR) is 114 cm³/mol. The number of carbonyl (C=O) groups excluding carboxylic acids is 1. The van der Waals surface area contributed by atoms with E-state index in [1.54, 1.807) is 12.1 Å². The van der Waals surface area contributed by atoms with Crippen molar-refractivity contribution >= 4 is 29.3 Å². The number of H-pyrrole nitrogens is 1. The first-order valence-electron chi connectivity index (χ1n) is 9.31. The third-order valence-corrected chi connectivity index (χ3v) is 5.01. The van der Waals surface area contributed by atoms with E-state index < -0.39 is 5.97 Å². The summed E-state index contributed by atoms with van der Waals surface area (Å²) in [5.74, 6) is 0.521. The van der Waals surface area contributed by atoms with Gasteiger partial charge in [0.15, 0.2) is 5.82 Å². The second-order valence-corrected chi connectivity index (χ2v) is 7.74. The van der Waals surface area contributed by atoms with E-state index in [1.807, 2.05) is 24.3 Å². The predicted octanol–water partition coefficient (Wildman–Crippen LogP) is 3.94. The number of thioether (sulfide) groups is 1. The van der Waals surface area contributed by atoms with Gasteiger partial charge in [-0.3, -0.25) is 9.89 Å². The first-order valence-corrected chi connectivity index (χ1v) is 10.3. The molecule has 9 heteroatoms. The maximum atomic E-state index is 12.1. The Kier molecular flexibility index (Phi) is 7.08. The van der Waals surface area contributed by atoms with Crippen LogP contribution in [-0.2, 0) is 11.4 Å². The lowest BCUT2D eigenvalue weighted by Crippen LogP contribution is -2.14. The van der Waals surface area contributed by atoms with Crippen molar-refractivity contribution in [1.29, 1.82) is 0 Å². The molecule has 0 radical (unpaired) electrons. The molecule has 0 unspecified atom stereocenters. The van der Waals surface area contributed by atoms with Crippen molar-refractivity contribution in [3.05, 3.63) is 65.5 Å². The van der Waals surface area contributed by atoms with Gasteiger partial charge in [0.2, 0.25) is 11.1 Å². The summed E-state index contributed by atoms with van der Waals surface area (Å²) in [4.78, 5) is 27.4. The number of aromatic nitrogens is 3. The molecule has 0 aliphatic carbocycles.